The Labute approximate surface area is 156 Å². The third-order valence-corrected chi connectivity index (χ3v) is 4.69. The normalized spacial score (nSPS) is 11.3. The molecule has 4 aromatic rings. The Bertz CT molecular complexity index is 1160. The number of aromatic amines is 1. The van der Waals surface area contributed by atoms with Crippen molar-refractivity contribution >= 4 is 43.9 Å². The number of aromatic nitrogens is 2. The highest BCUT2D eigenvalue weighted by Crippen LogP contribution is 2.23. The largest absolute Gasteiger partial charge is 0.462 e. The molecule has 0 aliphatic carbocycles. The van der Waals surface area contributed by atoms with Crippen LogP contribution in [0.25, 0.3) is 22.0 Å². The highest BCUT2D eigenvalue weighted by atomic mass is 79.9. The molecule has 4 rings (SSSR count). The summed E-state index contributed by atoms with van der Waals surface area (Å²) in [5, 5.41) is 0.807. The van der Waals surface area contributed by atoms with Crippen molar-refractivity contribution in [2.75, 3.05) is 6.61 Å². The molecule has 0 aliphatic rings. The molecular weight excluding hydrogens is 400 g/mol. The number of esters is 1. The van der Waals surface area contributed by atoms with Gasteiger partial charge in [-0.05, 0) is 36.8 Å². The molecule has 0 aliphatic heterocycles. The number of para-hydroxylation sites is 2. The molecule has 0 saturated carbocycles. The number of carbonyl (C=O) groups is 1. The van der Waals surface area contributed by atoms with Gasteiger partial charge in [-0.2, -0.15) is 0 Å². The maximum Gasteiger partial charge on any atom is 0.419 e. The first kappa shape index (κ1) is 16.7. The van der Waals surface area contributed by atoms with Crippen LogP contribution < -0.4 is 5.76 Å². The highest BCUT2D eigenvalue weighted by Gasteiger charge is 2.14. The average Bonchev–Trinajstić information content (AvgIpc) is 3.19. The van der Waals surface area contributed by atoms with E-state index >= 15 is 0 Å². The van der Waals surface area contributed by atoms with Crippen LogP contribution in [0.5, 0.6) is 0 Å². The van der Waals surface area contributed by atoms with Gasteiger partial charge >= 0.3 is 11.7 Å². The third-order valence-electron chi connectivity index (χ3n) is 4.20. The minimum Gasteiger partial charge on any atom is -0.462 e. The summed E-state index contributed by atoms with van der Waals surface area (Å²) in [4.78, 5) is 27.3. The van der Waals surface area contributed by atoms with Crippen LogP contribution in [0.3, 0.4) is 0 Å². The second-order valence-electron chi connectivity index (χ2n) is 5.87. The van der Waals surface area contributed by atoms with Gasteiger partial charge in [-0.25, -0.2) is 9.59 Å². The van der Waals surface area contributed by atoms with Gasteiger partial charge in [-0.1, -0.05) is 28.1 Å². The maximum atomic E-state index is 12.3. The summed E-state index contributed by atoms with van der Waals surface area (Å²) < 4.78 is 13.0. The van der Waals surface area contributed by atoms with Gasteiger partial charge in [0.25, 0.3) is 0 Å². The van der Waals surface area contributed by atoms with Crippen LogP contribution in [0.4, 0.5) is 0 Å². The number of fused-ring (bicyclic) bond motifs is 2. The van der Waals surface area contributed by atoms with E-state index in [1.165, 1.54) is 0 Å². The van der Waals surface area contributed by atoms with Crippen molar-refractivity contribution in [2.24, 2.45) is 0 Å². The molecule has 7 heteroatoms. The van der Waals surface area contributed by atoms with Crippen LogP contribution in [0.1, 0.15) is 16.8 Å². The zero-order chi connectivity index (χ0) is 18.1. The van der Waals surface area contributed by atoms with Crippen LogP contribution in [0.15, 0.2) is 62.3 Å². The topological polar surface area (TPSA) is 77.2 Å². The lowest BCUT2D eigenvalue weighted by molar-refractivity contribution is 0.0498. The van der Waals surface area contributed by atoms with Crippen molar-refractivity contribution in [1.82, 2.24) is 9.55 Å². The van der Waals surface area contributed by atoms with E-state index in [9.17, 15) is 9.59 Å². The second kappa shape index (κ2) is 6.84. The van der Waals surface area contributed by atoms with Gasteiger partial charge in [-0.3, -0.25) is 4.57 Å². The standard InChI is InChI=1S/C19H15BrN2O4/c20-12-6-7-15-13(10-12)14(11-21-15)18(23)25-9-3-8-22-16-4-1-2-5-17(16)26-19(22)24/h1-2,4-7,10-11,21H,3,8-9H2. The Morgan fingerprint density at radius 1 is 1.23 bits per heavy atom. The lowest BCUT2D eigenvalue weighted by Crippen LogP contribution is -2.16. The summed E-state index contributed by atoms with van der Waals surface area (Å²) >= 11 is 3.41. The highest BCUT2D eigenvalue weighted by molar-refractivity contribution is 9.10. The molecule has 2 heterocycles. The minimum absolute atomic E-state index is 0.214. The van der Waals surface area contributed by atoms with Gasteiger partial charge in [0.15, 0.2) is 5.58 Å². The number of nitrogens with zero attached hydrogens (tertiary/aromatic N) is 1. The Morgan fingerprint density at radius 2 is 2.08 bits per heavy atom. The zero-order valence-corrected chi connectivity index (χ0v) is 15.3. The van der Waals surface area contributed by atoms with Crippen molar-refractivity contribution in [3.8, 4) is 0 Å². The molecule has 1 N–H and O–H groups in total. The molecule has 26 heavy (non-hydrogen) atoms. The van der Waals surface area contributed by atoms with E-state index in [0.717, 1.165) is 20.9 Å². The van der Waals surface area contributed by atoms with Crippen molar-refractivity contribution in [3.63, 3.8) is 0 Å². The molecule has 0 unspecified atom stereocenters. The summed E-state index contributed by atoms with van der Waals surface area (Å²) in [6, 6.07) is 12.9. The predicted octanol–water partition coefficient (Wildman–Crippen LogP) is 4.09. The lowest BCUT2D eigenvalue weighted by Gasteiger charge is -2.05. The molecule has 0 fully saturated rings. The van der Waals surface area contributed by atoms with Crippen LogP contribution in [0.2, 0.25) is 0 Å². The fraction of sp³-hybridized carbons (Fsp3) is 0.158. The molecule has 132 valence electrons. The van der Waals surface area contributed by atoms with Crippen LogP contribution in [-0.2, 0) is 11.3 Å². The van der Waals surface area contributed by atoms with E-state index in [4.69, 9.17) is 9.15 Å². The number of rotatable bonds is 5. The van der Waals surface area contributed by atoms with Crippen molar-refractivity contribution in [1.29, 1.82) is 0 Å². The number of hydrogen-bond donors (Lipinski definition) is 1. The monoisotopic (exact) mass is 414 g/mol. The van der Waals surface area contributed by atoms with Gasteiger partial charge in [0, 0.05) is 28.1 Å². The summed E-state index contributed by atoms with van der Waals surface area (Å²) in [5.74, 6) is -0.794. The van der Waals surface area contributed by atoms with Crippen LogP contribution >= 0.6 is 15.9 Å². The predicted molar refractivity (Wildman–Crippen MR) is 101 cm³/mol. The van der Waals surface area contributed by atoms with Crippen molar-refractivity contribution in [3.05, 3.63) is 69.2 Å². The first-order valence-corrected chi connectivity index (χ1v) is 8.95. The molecule has 0 saturated heterocycles. The molecule has 0 bridgehead atoms. The molecule has 2 aromatic heterocycles. The molecule has 0 spiro atoms. The lowest BCUT2D eigenvalue weighted by atomic mass is 10.2. The van der Waals surface area contributed by atoms with Gasteiger partial charge in [0.1, 0.15) is 0 Å². The second-order valence-corrected chi connectivity index (χ2v) is 6.78. The first-order valence-electron chi connectivity index (χ1n) is 8.15. The number of carbonyl (C=O) groups excluding carboxylic acids is 1. The number of oxazole rings is 1. The van der Waals surface area contributed by atoms with Crippen molar-refractivity contribution < 1.29 is 13.9 Å². The SMILES string of the molecule is O=C(OCCCn1c(=O)oc2ccccc21)c1c[nH]c2ccc(Br)cc12. The van der Waals surface area contributed by atoms with E-state index in [0.29, 0.717) is 24.1 Å². The fourth-order valence-electron chi connectivity index (χ4n) is 2.95. The van der Waals surface area contributed by atoms with E-state index < -0.39 is 11.7 Å². The molecule has 2 aromatic carbocycles. The minimum atomic E-state index is -0.404. The number of halogens is 1. The molecule has 0 atom stereocenters. The van der Waals surface area contributed by atoms with Crippen molar-refractivity contribution in [2.45, 2.75) is 13.0 Å². The number of aryl methyl sites for hydroxylation is 1. The Kier molecular flexibility index (Phi) is 4.38. The van der Waals surface area contributed by atoms with E-state index in [1.807, 2.05) is 36.4 Å². The van der Waals surface area contributed by atoms with E-state index in [2.05, 4.69) is 20.9 Å². The fourth-order valence-corrected chi connectivity index (χ4v) is 3.31. The summed E-state index contributed by atoms with van der Waals surface area (Å²) in [6.07, 6.45) is 2.16. The Hall–Kier alpha value is -2.80. The molecular formula is C19H15BrN2O4. The van der Waals surface area contributed by atoms with E-state index in [1.54, 1.807) is 16.8 Å². The average molecular weight is 415 g/mol. The smallest absolute Gasteiger partial charge is 0.419 e. The summed E-state index contributed by atoms with van der Waals surface area (Å²) in [6.45, 7) is 0.633. The zero-order valence-electron chi connectivity index (χ0n) is 13.7. The van der Waals surface area contributed by atoms with Gasteiger partial charge in [-0.15, -0.1) is 0 Å². The third kappa shape index (κ3) is 3.06. The quantitative estimate of drug-likeness (QED) is 0.394. The molecule has 6 nitrogen and oxygen atoms in total. The van der Waals surface area contributed by atoms with Gasteiger partial charge < -0.3 is 14.1 Å². The van der Waals surface area contributed by atoms with E-state index in [-0.39, 0.29) is 6.61 Å². The summed E-state index contributed by atoms with van der Waals surface area (Å²) in [5.41, 5.74) is 2.66. The number of hydrogen-bond acceptors (Lipinski definition) is 4. The van der Waals surface area contributed by atoms with Gasteiger partial charge in [0.05, 0.1) is 17.7 Å². The first-order chi connectivity index (χ1) is 12.6. The number of benzene rings is 2. The van der Waals surface area contributed by atoms with Crippen LogP contribution in [-0.4, -0.2) is 22.1 Å². The Balaban J connectivity index is 1.41. The Morgan fingerprint density at radius 3 is 2.96 bits per heavy atom. The number of ether oxygens (including phenoxy) is 1. The number of nitrogens with one attached hydrogen (secondary N) is 1. The maximum absolute atomic E-state index is 12.3. The van der Waals surface area contributed by atoms with Crippen LogP contribution in [0, 0.1) is 0 Å². The number of H-pyrrole nitrogens is 1. The van der Waals surface area contributed by atoms with Gasteiger partial charge in [0.2, 0.25) is 0 Å². The summed E-state index contributed by atoms with van der Waals surface area (Å²) in [7, 11) is 0. The molecule has 0 radical (unpaired) electrons. The molecule has 0 amide bonds.